The Bertz CT molecular complexity index is 1310. The third-order valence-electron chi connectivity index (χ3n) is 6.53. The molecule has 1 aliphatic rings. The largest absolute Gasteiger partial charge is 0.493 e. The Morgan fingerprint density at radius 1 is 0.895 bits per heavy atom. The quantitative estimate of drug-likeness (QED) is 0.211. The second-order valence-corrected chi connectivity index (χ2v) is 9.26. The Morgan fingerprint density at radius 2 is 1.68 bits per heavy atom. The Balaban J connectivity index is 1.19. The van der Waals surface area contributed by atoms with Crippen LogP contribution in [-0.4, -0.2) is 63.0 Å². The van der Waals surface area contributed by atoms with Gasteiger partial charge < -0.3 is 34.8 Å². The average molecular weight is 520 g/mol. The van der Waals surface area contributed by atoms with E-state index in [-0.39, 0.29) is 0 Å². The normalized spacial score (nSPS) is 21.1. The van der Waals surface area contributed by atoms with Crippen molar-refractivity contribution in [2.45, 2.75) is 44.1 Å². The van der Waals surface area contributed by atoms with Crippen LogP contribution >= 0.6 is 0 Å². The molecule has 3 aromatic carbocycles. The molecule has 1 aromatic heterocycles. The summed E-state index contributed by atoms with van der Waals surface area (Å²) >= 11 is 0. The van der Waals surface area contributed by atoms with Gasteiger partial charge in [-0.15, -0.1) is 0 Å². The maximum absolute atomic E-state index is 10.6. The molecule has 9 heteroatoms. The maximum Gasteiger partial charge on any atom is 0.206 e. The molecule has 1 aliphatic heterocycles. The topological polar surface area (TPSA) is 118 Å². The van der Waals surface area contributed by atoms with Gasteiger partial charge in [0.25, 0.3) is 0 Å². The standard InChI is InChI=1S/C29H33N3O6/c33-18-25-26(34)27(35)28(38-25)32-24-13-5-4-12-23(24)31-29(32)30-17-21-10-6-11-22(16-21)37-15-7-14-36-19-20-8-2-1-3-9-20/h1-6,8-13,16,25-28,33-35H,7,14-15,17-19H2,(H,30,31)/t25-,26-,27-,28-/m1/s1. The molecule has 0 saturated carbocycles. The van der Waals surface area contributed by atoms with Crippen LogP contribution in [0.1, 0.15) is 23.8 Å². The third kappa shape index (κ3) is 5.98. The monoisotopic (exact) mass is 519 g/mol. The number of nitrogens with zero attached hydrogens (tertiary/aromatic N) is 2. The second-order valence-electron chi connectivity index (χ2n) is 9.26. The van der Waals surface area contributed by atoms with Gasteiger partial charge in [-0.25, -0.2) is 4.98 Å². The molecule has 1 fully saturated rings. The lowest BCUT2D eigenvalue weighted by molar-refractivity contribution is -0.0499. The molecule has 4 aromatic rings. The molecule has 38 heavy (non-hydrogen) atoms. The molecule has 1 saturated heterocycles. The highest BCUT2D eigenvalue weighted by Gasteiger charge is 2.44. The van der Waals surface area contributed by atoms with E-state index in [2.05, 4.69) is 10.3 Å². The van der Waals surface area contributed by atoms with Crippen LogP contribution in [0.2, 0.25) is 0 Å². The van der Waals surface area contributed by atoms with Crippen molar-refractivity contribution in [3.05, 3.63) is 90.0 Å². The van der Waals surface area contributed by atoms with Gasteiger partial charge in [0.15, 0.2) is 6.23 Å². The number of hydrogen-bond donors (Lipinski definition) is 4. The molecule has 0 amide bonds. The summed E-state index contributed by atoms with van der Waals surface area (Å²) < 4.78 is 19.2. The number of aliphatic hydroxyl groups is 3. The van der Waals surface area contributed by atoms with Crippen molar-refractivity contribution in [2.24, 2.45) is 0 Å². The highest BCUT2D eigenvalue weighted by Crippen LogP contribution is 2.35. The first-order chi connectivity index (χ1) is 18.6. The van der Waals surface area contributed by atoms with Gasteiger partial charge in [0, 0.05) is 13.0 Å². The number of nitrogens with one attached hydrogen (secondary N) is 1. The lowest BCUT2D eigenvalue weighted by Gasteiger charge is -2.20. The van der Waals surface area contributed by atoms with E-state index in [1.807, 2.05) is 78.9 Å². The van der Waals surface area contributed by atoms with Gasteiger partial charge in [0.2, 0.25) is 5.95 Å². The lowest BCUT2D eigenvalue weighted by atomic mass is 10.1. The van der Waals surface area contributed by atoms with Gasteiger partial charge in [-0.3, -0.25) is 4.57 Å². The van der Waals surface area contributed by atoms with Crippen LogP contribution in [0.25, 0.3) is 11.0 Å². The van der Waals surface area contributed by atoms with Crippen molar-refractivity contribution < 1.29 is 29.5 Å². The fourth-order valence-electron chi connectivity index (χ4n) is 4.56. The molecule has 0 bridgehead atoms. The van der Waals surface area contributed by atoms with Gasteiger partial charge in [0.05, 0.1) is 37.5 Å². The molecule has 0 unspecified atom stereocenters. The molecule has 0 spiro atoms. The van der Waals surface area contributed by atoms with Gasteiger partial charge in [-0.1, -0.05) is 54.6 Å². The van der Waals surface area contributed by atoms with E-state index in [1.54, 1.807) is 4.57 Å². The van der Waals surface area contributed by atoms with Crippen LogP contribution in [0, 0.1) is 0 Å². The smallest absolute Gasteiger partial charge is 0.206 e. The van der Waals surface area contributed by atoms with Gasteiger partial charge in [-0.05, 0) is 35.4 Å². The summed E-state index contributed by atoms with van der Waals surface area (Å²) in [5.41, 5.74) is 3.61. The maximum atomic E-state index is 10.6. The molecule has 2 heterocycles. The molecule has 4 atom stereocenters. The number of imidazole rings is 1. The third-order valence-corrected chi connectivity index (χ3v) is 6.53. The summed E-state index contributed by atoms with van der Waals surface area (Å²) in [6.07, 6.45) is -3.39. The Kier molecular flexibility index (Phi) is 8.52. The van der Waals surface area contributed by atoms with Gasteiger partial charge >= 0.3 is 0 Å². The number of rotatable bonds is 12. The van der Waals surface area contributed by atoms with Crippen LogP contribution in [0.4, 0.5) is 5.95 Å². The van der Waals surface area contributed by atoms with Crippen molar-refractivity contribution in [3.8, 4) is 5.75 Å². The predicted octanol–water partition coefficient (Wildman–Crippen LogP) is 3.25. The molecule has 0 aliphatic carbocycles. The minimum Gasteiger partial charge on any atom is -0.493 e. The first-order valence-corrected chi connectivity index (χ1v) is 12.8. The Labute approximate surface area is 221 Å². The number of ether oxygens (including phenoxy) is 3. The number of fused-ring (bicyclic) bond motifs is 1. The number of aromatic nitrogens is 2. The zero-order valence-electron chi connectivity index (χ0n) is 21.0. The minimum absolute atomic E-state index is 0.393. The Hall–Kier alpha value is -3.47. The molecule has 200 valence electrons. The summed E-state index contributed by atoms with van der Waals surface area (Å²) in [5, 5.41) is 33.8. The van der Waals surface area contributed by atoms with E-state index < -0.39 is 31.1 Å². The molecule has 5 rings (SSSR count). The van der Waals surface area contributed by atoms with E-state index in [4.69, 9.17) is 14.2 Å². The molecule has 0 radical (unpaired) electrons. The summed E-state index contributed by atoms with van der Waals surface area (Å²) in [6, 6.07) is 25.4. The van der Waals surface area contributed by atoms with Crippen LogP contribution in [0.15, 0.2) is 78.9 Å². The highest BCUT2D eigenvalue weighted by atomic mass is 16.6. The highest BCUT2D eigenvalue weighted by molar-refractivity contribution is 5.78. The molecule has 4 N–H and O–H groups in total. The molecular weight excluding hydrogens is 486 g/mol. The second kappa shape index (κ2) is 12.4. The van der Waals surface area contributed by atoms with Crippen LogP contribution in [-0.2, 0) is 22.6 Å². The van der Waals surface area contributed by atoms with E-state index >= 15 is 0 Å². The van der Waals surface area contributed by atoms with E-state index in [0.717, 1.165) is 34.3 Å². The number of aliphatic hydroxyl groups excluding tert-OH is 3. The van der Waals surface area contributed by atoms with Crippen molar-refractivity contribution >= 4 is 17.0 Å². The van der Waals surface area contributed by atoms with Crippen molar-refractivity contribution in [1.29, 1.82) is 0 Å². The van der Waals surface area contributed by atoms with Gasteiger partial charge in [-0.2, -0.15) is 0 Å². The zero-order valence-corrected chi connectivity index (χ0v) is 21.0. The first-order valence-electron chi connectivity index (χ1n) is 12.8. The van der Waals surface area contributed by atoms with Crippen LogP contribution in [0.5, 0.6) is 5.75 Å². The molecular formula is C29H33N3O6. The predicted molar refractivity (Wildman–Crippen MR) is 143 cm³/mol. The van der Waals surface area contributed by atoms with E-state index in [1.165, 1.54) is 0 Å². The van der Waals surface area contributed by atoms with Crippen molar-refractivity contribution in [1.82, 2.24) is 9.55 Å². The number of hydrogen-bond acceptors (Lipinski definition) is 8. The zero-order chi connectivity index (χ0) is 26.3. The average Bonchev–Trinajstić information content (AvgIpc) is 3.46. The van der Waals surface area contributed by atoms with Gasteiger partial charge in [0.1, 0.15) is 24.1 Å². The first kappa shape index (κ1) is 26.1. The number of benzene rings is 3. The summed E-state index contributed by atoms with van der Waals surface area (Å²) in [6.45, 7) is 1.82. The summed E-state index contributed by atoms with van der Waals surface area (Å²) in [5.74, 6) is 1.26. The molecule has 9 nitrogen and oxygen atoms in total. The minimum atomic E-state index is -1.21. The fourth-order valence-corrected chi connectivity index (χ4v) is 4.56. The fraction of sp³-hybridized carbons (Fsp3) is 0.345. The Morgan fingerprint density at radius 3 is 2.50 bits per heavy atom. The summed E-state index contributed by atoms with van der Waals surface area (Å²) in [7, 11) is 0. The van der Waals surface area contributed by atoms with E-state index in [9.17, 15) is 15.3 Å². The number of anilines is 1. The van der Waals surface area contributed by atoms with Crippen molar-refractivity contribution in [2.75, 3.05) is 25.1 Å². The van der Waals surface area contributed by atoms with E-state index in [0.29, 0.717) is 32.3 Å². The van der Waals surface area contributed by atoms with Crippen LogP contribution in [0.3, 0.4) is 0 Å². The number of para-hydroxylation sites is 2. The lowest BCUT2D eigenvalue weighted by Crippen LogP contribution is -2.33. The SMILES string of the molecule is OC[C@H]1O[C@@H](n2c(NCc3cccc(OCCCOCc4ccccc4)c3)nc3ccccc32)[C@H](O)[C@@H]1O. The van der Waals surface area contributed by atoms with Crippen LogP contribution < -0.4 is 10.1 Å². The van der Waals surface area contributed by atoms with Crippen molar-refractivity contribution in [3.63, 3.8) is 0 Å². The summed E-state index contributed by atoms with van der Waals surface area (Å²) in [4.78, 5) is 4.68.